The van der Waals surface area contributed by atoms with Crippen molar-refractivity contribution in [3.63, 3.8) is 0 Å². The van der Waals surface area contributed by atoms with E-state index in [0.717, 1.165) is 0 Å². The molecule has 0 amide bonds. The molecule has 1 fully saturated rings. The van der Waals surface area contributed by atoms with Crippen molar-refractivity contribution in [3.8, 4) is 0 Å². The van der Waals surface area contributed by atoms with E-state index in [1.807, 2.05) is 9.80 Å². The molecule has 0 saturated carbocycles. The van der Waals surface area contributed by atoms with Gasteiger partial charge in [0, 0.05) is 26.2 Å². The van der Waals surface area contributed by atoms with Crippen molar-refractivity contribution in [2.45, 2.75) is 0 Å². The Kier molecular flexibility index (Phi) is 3.47. The smallest absolute Gasteiger partial charge is 0.317 e. The van der Waals surface area contributed by atoms with E-state index in [2.05, 4.69) is 9.97 Å². The van der Waals surface area contributed by atoms with Crippen LogP contribution in [0.25, 0.3) is 0 Å². The summed E-state index contributed by atoms with van der Waals surface area (Å²) in [6.45, 7) is 2.47. The maximum Gasteiger partial charge on any atom is 0.317 e. The van der Waals surface area contributed by atoms with E-state index in [1.165, 1.54) is 6.33 Å². The third kappa shape index (κ3) is 2.59. The first kappa shape index (κ1) is 12.4. The van der Waals surface area contributed by atoms with Crippen LogP contribution < -0.4 is 16.2 Å². The summed E-state index contributed by atoms with van der Waals surface area (Å²) in [6.07, 6.45) is 1.32. The van der Waals surface area contributed by atoms with Crippen LogP contribution >= 0.6 is 0 Å². The lowest BCUT2D eigenvalue weighted by molar-refractivity contribution is -0.138. The van der Waals surface area contributed by atoms with E-state index in [1.54, 1.807) is 0 Å². The number of nitrogens with one attached hydrogen (secondary N) is 1. The molecule has 0 aromatic carbocycles. The summed E-state index contributed by atoms with van der Waals surface area (Å²) >= 11 is 0. The monoisotopic (exact) mass is 253 g/mol. The van der Waals surface area contributed by atoms with Crippen LogP contribution in [0.5, 0.6) is 0 Å². The van der Waals surface area contributed by atoms with Gasteiger partial charge in [0.2, 0.25) is 0 Å². The normalized spacial score (nSPS) is 16.8. The Balaban J connectivity index is 2.03. The minimum Gasteiger partial charge on any atom is -0.480 e. The molecule has 8 nitrogen and oxygen atoms in total. The fourth-order valence-corrected chi connectivity index (χ4v) is 1.96. The number of H-pyrrole nitrogens is 1. The van der Waals surface area contributed by atoms with Crippen molar-refractivity contribution >= 4 is 17.5 Å². The SMILES string of the molecule is Nc1c(N2CCN(CC(=O)O)CC2)nc[nH]c1=O. The van der Waals surface area contributed by atoms with Gasteiger partial charge >= 0.3 is 5.97 Å². The fraction of sp³-hybridized carbons (Fsp3) is 0.500. The van der Waals surface area contributed by atoms with E-state index in [9.17, 15) is 9.59 Å². The highest BCUT2D eigenvalue weighted by Crippen LogP contribution is 2.16. The molecule has 1 aromatic rings. The molecule has 18 heavy (non-hydrogen) atoms. The number of aliphatic carboxylic acids is 1. The zero-order valence-electron chi connectivity index (χ0n) is 9.80. The first-order chi connectivity index (χ1) is 8.58. The highest BCUT2D eigenvalue weighted by molar-refractivity contribution is 5.69. The van der Waals surface area contributed by atoms with Crippen LogP contribution in [-0.4, -0.2) is 58.7 Å². The van der Waals surface area contributed by atoms with Gasteiger partial charge in [-0.2, -0.15) is 0 Å². The number of carbonyl (C=O) groups is 1. The number of carboxylic acid groups (broad SMARTS) is 1. The second-order valence-electron chi connectivity index (χ2n) is 4.13. The summed E-state index contributed by atoms with van der Waals surface area (Å²) in [4.78, 5) is 32.1. The minimum atomic E-state index is -0.836. The average Bonchev–Trinajstić information content (AvgIpc) is 2.33. The summed E-state index contributed by atoms with van der Waals surface area (Å²) in [7, 11) is 0. The predicted octanol–water partition coefficient (Wildman–Crippen LogP) is -1.44. The third-order valence-corrected chi connectivity index (χ3v) is 2.90. The number of hydrogen-bond acceptors (Lipinski definition) is 6. The first-order valence-electron chi connectivity index (χ1n) is 5.60. The number of hydrogen-bond donors (Lipinski definition) is 3. The van der Waals surface area contributed by atoms with Gasteiger partial charge in [-0.25, -0.2) is 4.98 Å². The van der Waals surface area contributed by atoms with Crippen LogP contribution in [0.4, 0.5) is 11.5 Å². The highest BCUT2D eigenvalue weighted by Gasteiger charge is 2.21. The zero-order valence-corrected chi connectivity index (χ0v) is 9.80. The molecule has 98 valence electrons. The molecule has 0 unspecified atom stereocenters. The van der Waals surface area contributed by atoms with Crippen molar-refractivity contribution in [2.75, 3.05) is 43.4 Å². The predicted molar refractivity (Wildman–Crippen MR) is 65.6 cm³/mol. The molecule has 1 saturated heterocycles. The van der Waals surface area contributed by atoms with Gasteiger partial charge in [0.15, 0.2) is 5.82 Å². The molecule has 0 radical (unpaired) electrons. The quantitative estimate of drug-likeness (QED) is 0.604. The van der Waals surface area contributed by atoms with Crippen molar-refractivity contribution in [3.05, 3.63) is 16.7 Å². The Morgan fingerprint density at radius 2 is 2.11 bits per heavy atom. The Labute approximate surface area is 103 Å². The van der Waals surface area contributed by atoms with Gasteiger partial charge in [-0.15, -0.1) is 0 Å². The second kappa shape index (κ2) is 5.05. The number of piperazine rings is 1. The Morgan fingerprint density at radius 3 is 2.72 bits per heavy atom. The number of aromatic amines is 1. The van der Waals surface area contributed by atoms with Crippen molar-refractivity contribution in [2.24, 2.45) is 0 Å². The molecule has 1 aromatic heterocycles. The largest absolute Gasteiger partial charge is 0.480 e. The first-order valence-corrected chi connectivity index (χ1v) is 5.60. The summed E-state index contributed by atoms with van der Waals surface area (Å²) in [5.74, 6) is -0.369. The fourth-order valence-electron chi connectivity index (χ4n) is 1.96. The average molecular weight is 253 g/mol. The number of carboxylic acids is 1. The molecular formula is C10H15N5O3. The molecule has 1 aliphatic rings. The summed E-state index contributed by atoms with van der Waals surface area (Å²) in [5, 5.41) is 8.70. The number of aromatic nitrogens is 2. The number of rotatable bonds is 3. The van der Waals surface area contributed by atoms with Crippen molar-refractivity contribution in [1.29, 1.82) is 0 Å². The molecule has 0 spiro atoms. The van der Waals surface area contributed by atoms with E-state index >= 15 is 0 Å². The van der Waals surface area contributed by atoms with Gasteiger partial charge in [0.25, 0.3) is 5.56 Å². The van der Waals surface area contributed by atoms with Gasteiger partial charge in [0.05, 0.1) is 12.9 Å². The number of anilines is 2. The van der Waals surface area contributed by atoms with Crippen molar-refractivity contribution in [1.82, 2.24) is 14.9 Å². The summed E-state index contributed by atoms with van der Waals surface area (Å²) < 4.78 is 0. The lowest BCUT2D eigenvalue weighted by Gasteiger charge is -2.34. The lowest BCUT2D eigenvalue weighted by atomic mass is 10.3. The molecule has 1 aliphatic heterocycles. The number of nitrogen functional groups attached to an aromatic ring is 1. The summed E-state index contributed by atoms with van der Waals surface area (Å²) in [5.41, 5.74) is 5.42. The third-order valence-electron chi connectivity index (χ3n) is 2.90. The molecule has 0 atom stereocenters. The second-order valence-corrected chi connectivity index (χ2v) is 4.13. The van der Waals surface area contributed by atoms with Crippen LogP contribution in [-0.2, 0) is 4.79 Å². The number of nitrogens with two attached hydrogens (primary N) is 1. The van der Waals surface area contributed by atoms with Gasteiger partial charge < -0.3 is 20.7 Å². The molecule has 2 rings (SSSR count). The van der Waals surface area contributed by atoms with Crippen LogP contribution in [0.3, 0.4) is 0 Å². The Bertz CT molecular complexity index is 493. The number of nitrogens with zero attached hydrogens (tertiary/aromatic N) is 3. The van der Waals surface area contributed by atoms with Crippen molar-refractivity contribution < 1.29 is 9.90 Å². The van der Waals surface area contributed by atoms with E-state index in [0.29, 0.717) is 32.0 Å². The van der Waals surface area contributed by atoms with Crippen LogP contribution in [0, 0.1) is 0 Å². The summed E-state index contributed by atoms with van der Waals surface area (Å²) in [6, 6.07) is 0. The van der Waals surface area contributed by atoms with Gasteiger partial charge in [-0.3, -0.25) is 14.5 Å². The van der Waals surface area contributed by atoms with Crippen LogP contribution in [0.15, 0.2) is 11.1 Å². The Morgan fingerprint density at radius 1 is 1.44 bits per heavy atom. The highest BCUT2D eigenvalue weighted by atomic mass is 16.4. The van der Waals surface area contributed by atoms with E-state index in [4.69, 9.17) is 10.8 Å². The molecular weight excluding hydrogens is 238 g/mol. The lowest BCUT2D eigenvalue weighted by Crippen LogP contribution is -2.48. The molecule has 0 aliphatic carbocycles. The maximum atomic E-state index is 11.4. The maximum absolute atomic E-state index is 11.4. The van der Waals surface area contributed by atoms with Crippen LogP contribution in [0.1, 0.15) is 0 Å². The van der Waals surface area contributed by atoms with Gasteiger partial charge in [-0.05, 0) is 0 Å². The molecule has 2 heterocycles. The minimum absolute atomic E-state index is 0.0339. The zero-order chi connectivity index (χ0) is 13.1. The molecule has 0 bridgehead atoms. The van der Waals surface area contributed by atoms with E-state index in [-0.39, 0.29) is 17.8 Å². The molecule has 4 N–H and O–H groups in total. The van der Waals surface area contributed by atoms with Crippen LogP contribution in [0.2, 0.25) is 0 Å². The van der Waals surface area contributed by atoms with Gasteiger partial charge in [0.1, 0.15) is 5.69 Å². The molecule has 8 heteroatoms. The Hall–Kier alpha value is -2.09. The van der Waals surface area contributed by atoms with E-state index < -0.39 is 5.97 Å². The topological polar surface area (TPSA) is 116 Å². The van der Waals surface area contributed by atoms with Gasteiger partial charge in [-0.1, -0.05) is 0 Å². The standard InChI is InChI=1S/C10H15N5O3/c11-8-9(12-6-13-10(8)18)15-3-1-14(2-4-15)5-7(16)17/h6H,1-5,11H2,(H,16,17)(H,12,13,18).